The molecule has 1 aliphatic rings. The molecule has 1 saturated heterocycles. The van der Waals surface area contributed by atoms with Crippen LogP contribution < -0.4 is 0 Å². The van der Waals surface area contributed by atoms with Gasteiger partial charge in [0.05, 0.1) is 22.3 Å². The molecule has 0 spiro atoms. The fourth-order valence-corrected chi connectivity index (χ4v) is 3.68. The number of hydrogen-bond acceptors (Lipinski definition) is 3. The zero-order valence-electron chi connectivity index (χ0n) is 10.7. The SMILES string of the molecule is O=S(=O)(CC1CCCCO1)c1cccc(C(F)(F)F)c1. The molecule has 1 fully saturated rings. The number of rotatable bonds is 3. The van der Waals surface area contributed by atoms with Gasteiger partial charge < -0.3 is 4.74 Å². The van der Waals surface area contributed by atoms with E-state index in [0.717, 1.165) is 25.0 Å². The first-order chi connectivity index (χ1) is 9.29. The molecule has 20 heavy (non-hydrogen) atoms. The largest absolute Gasteiger partial charge is 0.416 e. The highest BCUT2D eigenvalue weighted by Gasteiger charge is 2.32. The molecule has 0 aliphatic carbocycles. The number of ether oxygens (including phenoxy) is 1. The summed E-state index contributed by atoms with van der Waals surface area (Å²) in [6.07, 6.45) is -2.59. The fourth-order valence-electron chi connectivity index (χ4n) is 2.15. The summed E-state index contributed by atoms with van der Waals surface area (Å²) in [5.74, 6) is -0.270. The average molecular weight is 308 g/mol. The van der Waals surface area contributed by atoms with Crippen LogP contribution in [0.3, 0.4) is 0 Å². The van der Waals surface area contributed by atoms with Gasteiger partial charge in [-0.05, 0) is 37.5 Å². The van der Waals surface area contributed by atoms with Gasteiger partial charge in [-0.2, -0.15) is 13.2 Å². The van der Waals surface area contributed by atoms with Gasteiger partial charge in [0.15, 0.2) is 9.84 Å². The summed E-state index contributed by atoms with van der Waals surface area (Å²) in [7, 11) is -3.77. The molecule has 1 aromatic carbocycles. The summed E-state index contributed by atoms with van der Waals surface area (Å²) in [4.78, 5) is -0.304. The Morgan fingerprint density at radius 3 is 2.60 bits per heavy atom. The van der Waals surface area contributed by atoms with Crippen molar-refractivity contribution in [1.29, 1.82) is 0 Å². The summed E-state index contributed by atoms with van der Waals surface area (Å²) in [5, 5.41) is 0. The van der Waals surface area contributed by atoms with Crippen molar-refractivity contribution in [2.24, 2.45) is 0 Å². The average Bonchev–Trinajstić information content (AvgIpc) is 2.38. The van der Waals surface area contributed by atoms with E-state index >= 15 is 0 Å². The molecule has 3 nitrogen and oxygen atoms in total. The van der Waals surface area contributed by atoms with Gasteiger partial charge in [0.1, 0.15) is 0 Å². The Hall–Kier alpha value is -1.08. The van der Waals surface area contributed by atoms with Gasteiger partial charge in [0, 0.05) is 6.61 Å². The van der Waals surface area contributed by atoms with Crippen LogP contribution in [-0.2, 0) is 20.8 Å². The minimum absolute atomic E-state index is 0.270. The van der Waals surface area contributed by atoms with Gasteiger partial charge in [-0.25, -0.2) is 8.42 Å². The second-order valence-electron chi connectivity index (χ2n) is 4.80. The Bertz CT molecular complexity index is 560. The minimum atomic E-state index is -4.55. The highest BCUT2D eigenvalue weighted by molar-refractivity contribution is 7.91. The fraction of sp³-hybridized carbons (Fsp3) is 0.538. The van der Waals surface area contributed by atoms with Gasteiger partial charge >= 0.3 is 6.18 Å². The normalized spacial score (nSPS) is 20.9. The molecule has 1 heterocycles. The van der Waals surface area contributed by atoms with E-state index in [1.165, 1.54) is 6.07 Å². The lowest BCUT2D eigenvalue weighted by atomic mass is 10.1. The van der Waals surface area contributed by atoms with Crippen molar-refractivity contribution in [1.82, 2.24) is 0 Å². The molecular weight excluding hydrogens is 293 g/mol. The maximum absolute atomic E-state index is 12.6. The van der Waals surface area contributed by atoms with Crippen LogP contribution in [0, 0.1) is 0 Å². The molecule has 0 amide bonds. The van der Waals surface area contributed by atoms with E-state index < -0.39 is 27.7 Å². The van der Waals surface area contributed by atoms with E-state index in [1.54, 1.807) is 0 Å². The Morgan fingerprint density at radius 1 is 1.25 bits per heavy atom. The molecule has 2 rings (SSSR count). The number of halogens is 3. The summed E-state index contributed by atoms with van der Waals surface area (Å²) in [5.41, 5.74) is -0.955. The molecule has 1 atom stereocenters. The zero-order chi connectivity index (χ0) is 14.8. The number of benzene rings is 1. The molecule has 0 radical (unpaired) electrons. The number of hydrogen-bond donors (Lipinski definition) is 0. The van der Waals surface area contributed by atoms with Gasteiger partial charge in [0.25, 0.3) is 0 Å². The van der Waals surface area contributed by atoms with Crippen molar-refractivity contribution in [3.8, 4) is 0 Å². The summed E-state index contributed by atoms with van der Waals surface area (Å²) in [6, 6.07) is 3.83. The van der Waals surface area contributed by atoms with E-state index in [0.29, 0.717) is 19.1 Å². The van der Waals surface area contributed by atoms with Crippen molar-refractivity contribution in [2.75, 3.05) is 12.4 Å². The third kappa shape index (κ3) is 3.73. The van der Waals surface area contributed by atoms with Crippen LogP contribution in [0.15, 0.2) is 29.2 Å². The van der Waals surface area contributed by atoms with Crippen LogP contribution in [-0.4, -0.2) is 26.9 Å². The van der Waals surface area contributed by atoms with Crippen LogP contribution in [0.4, 0.5) is 13.2 Å². The van der Waals surface area contributed by atoms with Crippen molar-refractivity contribution in [2.45, 2.75) is 36.4 Å². The van der Waals surface area contributed by atoms with Crippen LogP contribution >= 0.6 is 0 Å². The number of sulfone groups is 1. The Morgan fingerprint density at radius 2 is 2.00 bits per heavy atom. The third-order valence-corrected chi connectivity index (χ3v) is 4.98. The Balaban J connectivity index is 2.20. The van der Waals surface area contributed by atoms with Gasteiger partial charge in [-0.1, -0.05) is 6.07 Å². The second-order valence-corrected chi connectivity index (χ2v) is 6.83. The molecule has 1 aliphatic heterocycles. The first kappa shape index (κ1) is 15.3. The molecule has 0 bridgehead atoms. The Labute approximate surface area is 115 Å². The molecule has 0 aromatic heterocycles. The first-order valence-corrected chi connectivity index (χ1v) is 7.96. The lowest BCUT2D eigenvalue weighted by Gasteiger charge is -2.22. The minimum Gasteiger partial charge on any atom is -0.377 e. The molecular formula is C13H15F3O3S. The maximum atomic E-state index is 12.6. The van der Waals surface area contributed by atoms with E-state index in [4.69, 9.17) is 4.74 Å². The van der Waals surface area contributed by atoms with Crippen LogP contribution in [0.1, 0.15) is 24.8 Å². The van der Waals surface area contributed by atoms with Crippen LogP contribution in [0.2, 0.25) is 0 Å². The highest BCUT2D eigenvalue weighted by Crippen LogP contribution is 2.31. The zero-order valence-corrected chi connectivity index (χ0v) is 11.5. The molecule has 112 valence electrons. The lowest BCUT2D eigenvalue weighted by Crippen LogP contribution is -2.27. The van der Waals surface area contributed by atoms with Crippen molar-refractivity contribution in [3.05, 3.63) is 29.8 Å². The first-order valence-electron chi connectivity index (χ1n) is 6.31. The monoisotopic (exact) mass is 308 g/mol. The van der Waals surface area contributed by atoms with Gasteiger partial charge in [0.2, 0.25) is 0 Å². The van der Waals surface area contributed by atoms with E-state index in [9.17, 15) is 21.6 Å². The highest BCUT2D eigenvalue weighted by atomic mass is 32.2. The van der Waals surface area contributed by atoms with Crippen molar-refractivity contribution < 1.29 is 26.3 Å². The summed E-state index contributed by atoms with van der Waals surface area (Å²) in [6.45, 7) is 0.503. The topological polar surface area (TPSA) is 43.4 Å². The second kappa shape index (κ2) is 5.73. The smallest absolute Gasteiger partial charge is 0.377 e. The van der Waals surface area contributed by atoms with Gasteiger partial charge in [-0.15, -0.1) is 0 Å². The third-order valence-electron chi connectivity index (χ3n) is 3.20. The lowest BCUT2D eigenvalue weighted by molar-refractivity contribution is -0.137. The van der Waals surface area contributed by atoms with E-state index in [1.807, 2.05) is 0 Å². The van der Waals surface area contributed by atoms with Crippen molar-refractivity contribution in [3.63, 3.8) is 0 Å². The molecule has 1 aromatic rings. The van der Waals surface area contributed by atoms with Crippen LogP contribution in [0.25, 0.3) is 0 Å². The number of alkyl halides is 3. The predicted octanol–water partition coefficient (Wildman–Crippen LogP) is 3.05. The molecule has 1 unspecified atom stereocenters. The van der Waals surface area contributed by atoms with E-state index in [2.05, 4.69) is 0 Å². The standard InChI is InChI=1S/C13H15F3O3S/c14-13(15,16)10-4-3-6-12(8-10)20(17,18)9-11-5-1-2-7-19-11/h3-4,6,8,11H,1-2,5,7,9H2. The summed E-state index contributed by atoms with van der Waals surface area (Å²) >= 11 is 0. The summed E-state index contributed by atoms with van der Waals surface area (Å²) < 4.78 is 67.4. The maximum Gasteiger partial charge on any atom is 0.416 e. The Kier molecular flexibility index (Phi) is 4.39. The van der Waals surface area contributed by atoms with Crippen LogP contribution in [0.5, 0.6) is 0 Å². The molecule has 7 heteroatoms. The predicted molar refractivity (Wildman–Crippen MR) is 67.1 cm³/mol. The van der Waals surface area contributed by atoms with Gasteiger partial charge in [-0.3, -0.25) is 0 Å². The quantitative estimate of drug-likeness (QED) is 0.862. The molecule has 0 N–H and O–H groups in total. The van der Waals surface area contributed by atoms with E-state index in [-0.39, 0.29) is 10.6 Å². The van der Waals surface area contributed by atoms with Crippen molar-refractivity contribution >= 4 is 9.84 Å². The molecule has 0 saturated carbocycles.